The molecule has 7 nitrogen and oxygen atoms in total. The van der Waals surface area contributed by atoms with Gasteiger partial charge in [-0.05, 0) is 57.0 Å². The molecule has 0 N–H and O–H groups in total. The number of halogens is 3. The zero-order valence-corrected chi connectivity index (χ0v) is 21.6. The number of thioether (sulfide) groups is 1. The van der Waals surface area contributed by atoms with E-state index in [1.165, 1.54) is 18.5 Å². The Labute approximate surface area is 213 Å². The minimum absolute atomic E-state index is 0.140. The summed E-state index contributed by atoms with van der Waals surface area (Å²) in [5, 5.41) is 9.43. The standard InChI is InChI=1S/C25H31F3N6OS/c1-17-21(35-16-29-17)22-30-31-23(32(22)3)36-13-5-11-33-14-20-24(2,15-33)10-4-12-34(20)19-8-6-18(7-9-19)25(26,27)28/h6-9,16,20H,4-5,10-15H2,1-3H3/t20-,24+/m0/s1. The predicted molar refractivity (Wildman–Crippen MR) is 133 cm³/mol. The van der Waals surface area contributed by atoms with E-state index in [9.17, 15) is 13.2 Å². The number of aryl methyl sites for hydroxylation is 1. The average Bonchev–Trinajstić information content (AvgIpc) is 3.52. The fourth-order valence-electron chi connectivity index (χ4n) is 5.60. The van der Waals surface area contributed by atoms with Crippen LogP contribution in [0.5, 0.6) is 0 Å². The molecule has 2 fully saturated rings. The highest BCUT2D eigenvalue weighted by atomic mass is 32.2. The van der Waals surface area contributed by atoms with Crippen LogP contribution in [0.2, 0.25) is 0 Å². The normalized spacial score (nSPS) is 22.8. The monoisotopic (exact) mass is 520 g/mol. The molecular formula is C25H31F3N6OS. The highest BCUT2D eigenvalue weighted by molar-refractivity contribution is 7.99. The summed E-state index contributed by atoms with van der Waals surface area (Å²) >= 11 is 1.68. The van der Waals surface area contributed by atoms with Crippen molar-refractivity contribution in [3.8, 4) is 11.6 Å². The highest BCUT2D eigenvalue weighted by Crippen LogP contribution is 2.43. The average molecular weight is 521 g/mol. The van der Waals surface area contributed by atoms with E-state index in [0.717, 1.165) is 67.7 Å². The van der Waals surface area contributed by atoms with Gasteiger partial charge in [-0.2, -0.15) is 13.2 Å². The number of rotatable bonds is 7. The second kappa shape index (κ2) is 9.74. The molecule has 3 aromatic rings. The fourth-order valence-corrected chi connectivity index (χ4v) is 6.44. The molecule has 1 aromatic carbocycles. The molecule has 0 amide bonds. The van der Waals surface area contributed by atoms with Crippen molar-refractivity contribution in [2.24, 2.45) is 12.5 Å². The minimum Gasteiger partial charge on any atom is -0.440 e. The first kappa shape index (κ1) is 25.1. The third-order valence-electron chi connectivity index (χ3n) is 7.50. The summed E-state index contributed by atoms with van der Waals surface area (Å²) in [7, 11) is 1.93. The van der Waals surface area contributed by atoms with Crippen molar-refractivity contribution in [3.63, 3.8) is 0 Å². The lowest BCUT2D eigenvalue weighted by Gasteiger charge is -2.45. The van der Waals surface area contributed by atoms with E-state index in [2.05, 4.69) is 31.9 Å². The first-order chi connectivity index (χ1) is 17.2. The van der Waals surface area contributed by atoms with Crippen LogP contribution < -0.4 is 4.90 Å². The van der Waals surface area contributed by atoms with Gasteiger partial charge in [0.15, 0.2) is 17.3 Å². The first-order valence-corrected chi connectivity index (χ1v) is 13.2. The van der Waals surface area contributed by atoms with Crippen molar-refractivity contribution >= 4 is 17.4 Å². The Morgan fingerprint density at radius 2 is 1.97 bits per heavy atom. The third-order valence-corrected chi connectivity index (χ3v) is 8.61. The Morgan fingerprint density at radius 1 is 1.19 bits per heavy atom. The van der Waals surface area contributed by atoms with Crippen LogP contribution in [0.15, 0.2) is 40.2 Å². The van der Waals surface area contributed by atoms with Gasteiger partial charge in [0, 0.05) is 49.6 Å². The summed E-state index contributed by atoms with van der Waals surface area (Å²) in [6.07, 6.45) is 0.314. The van der Waals surface area contributed by atoms with Crippen LogP contribution in [-0.4, -0.2) is 62.6 Å². The van der Waals surface area contributed by atoms with Gasteiger partial charge in [-0.1, -0.05) is 18.7 Å². The topological polar surface area (TPSA) is 63.2 Å². The Bertz CT molecular complexity index is 1190. The van der Waals surface area contributed by atoms with Crippen LogP contribution in [0, 0.1) is 12.3 Å². The Hall–Kier alpha value is -2.53. The molecule has 0 spiro atoms. The minimum atomic E-state index is -4.31. The molecule has 11 heteroatoms. The highest BCUT2D eigenvalue weighted by Gasteiger charge is 2.47. The van der Waals surface area contributed by atoms with Crippen LogP contribution in [0.3, 0.4) is 0 Å². The van der Waals surface area contributed by atoms with Gasteiger partial charge in [-0.15, -0.1) is 10.2 Å². The number of aromatic nitrogens is 4. The Kier molecular flexibility index (Phi) is 6.80. The maximum atomic E-state index is 13.0. The van der Waals surface area contributed by atoms with Gasteiger partial charge in [0.25, 0.3) is 0 Å². The maximum absolute atomic E-state index is 13.0. The number of anilines is 1. The van der Waals surface area contributed by atoms with Crippen LogP contribution >= 0.6 is 11.8 Å². The van der Waals surface area contributed by atoms with E-state index < -0.39 is 11.7 Å². The van der Waals surface area contributed by atoms with E-state index >= 15 is 0 Å². The molecule has 2 saturated heterocycles. The molecule has 2 aliphatic heterocycles. The van der Waals surface area contributed by atoms with Crippen LogP contribution in [0.25, 0.3) is 11.6 Å². The molecular weight excluding hydrogens is 489 g/mol. The van der Waals surface area contributed by atoms with E-state index in [4.69, 9.17) is 4.42 Å². The molecule has 194 valence electrons. The number of likely N-dealkylation sites (tertiary alicyclic amines) is 1. The van der Waals surface area contributed by atoms with Crippen molar-refractivity contribution in [2.45, 2.75) is 50.5 Å². The summed E-state index contributed by atoms with van der Waals surface area (Å²) in [4.78, 5) is 8.96. The van der Waals surface area contributed by atoms with Crippen molar-refractivity contribution in [3.05, 3.63) is 41.9 Å². The number of fused-ring (bicyclic) bond motifs is 1. The molecule has 0 aliphatic carbocycles. The smallest absolute Gasteiger partial charge is 0.416 e. The molecule has 2 aromatic heterocycles. The number of piperidine rings is 1. The van der Waals surface area contributed by atoms with Gasteiger partial charge in [0.2, 0.25) is 5.82 Å². The lowest BCUT2D eigenvalue weighted by Crippen LogP contribution is -2.50. The fraction of sp³-hybridized carbons (Fsp3) is 0.560. The third kappa shape index (κ3) is 4.87. The molecule has 0 saturated carbocycles. The number of hydrogen-bond acceptors (Lipinski definition) is 7. The van der Waals surface area contributed by atoms with E-state index in [-0.39, 0.29) is 5.41 Å². The van der Waals surface area contributed by atoms with Gasteiger partial charge >= 0.3 is 6.18 Å². The molecule has 2 aliphatic rings. The summed E-state index contributed by atoms with van der Waals surface area (Å²) in [6, 6.07) is 5.97. The Morgan fingerprint density at radius 3 is 2.67 bits per heavy atom. The molecule has 2 atom stereocenters. The first-order valence-electron chi connectivity index (χ1n) is 12.2. The van der Waals surface area contributed by atoms with E-state index in [1.54, 1.807) is 23.9 Å². The summed E-state index contributed by atoms with van der Waals surface area (Å²) in [5.41, 5.74) is 1.22. The quantitative estimate of drug-likeness (QED) is 0.311. The van der Waals surface area contributed by atoms with Gasteiger partial charge in [-0.3, -0.25) is 0 Å². The van der Waals surface area contributed by atoms with Crippen molar-refractivity contribution < 1.29 is 17.6 Å². The second-order valence-electron chi connectivity index (χ2n) is 10.1. The molecule has 0 unspecified atom stereocenters. The number of hydrogen-bond donors (Lipinski definition) is 0. The van der Waals surface area contributed by atoms with Crippen LogP contribution in [0.4, 0.5) is 18.9 Å². The summed E-state index contributed by atoms with van der Waals surface area (Å²) in [6.45, 7) is 8.02. The summed E-state index contributed by atoms with van der Waals surface area (Å²) < 4.78 is 46.4. The van der Waals surface area contributed by atoms with Crippen LogP contribution in [-0.2, 0) is 13.2 Å². The molecule has 0 bridgehead atoms. The maximum Gasteiger partial charge on any atom is 0.416 e. The largest absolute Gasteiger partial charge is 0.440 e. The Balaban J connectivity index is 1.17. The zero-order chi connectivity index (χ0) is 25.5. The van der Waals surface area contributed by atoms with Crippen molar-refractivity contribution in [1.82, 2.24) is 24.6 Å². The van der Waals surface area contributed by atoms with Gasteiger partial charge < -0.3 is 18.8 Å². The zero-order valence-electron chi connectivity index (χ0n) is 20.8. The molecule has 36 heavy (non-hydrogen) atoms. The van der Waals surface area contributed by atoms with Gasteiger partial charge in [0.1, 0.15) is 0 Å². The number of benzene rings is 1. The van der Waals surface area contributed by atoms with E-state index in [1.807, 2.05) is 18.5 Å². The van der Waals surface area contributed by atoms with Gasteiger partial charge in [0.05, 0.1) is 11.3 Å². The van der Waals surface area contributed by atoms with Crippen molar-refractivity contribution in [2.75, 3.05) is 36.8 Å². The SMILES string of the molecule is Cc1ncoc1-c1nnc(SCCCN2C[C@@H]3N(c4ccc(C(F)(F)F)cc4)CCC[C@]3(C)C2)n1C. The summed E-state index contributed by atoms with van der Waals surface area (Å²) in [5.74, 6) is 2.23. The molecule has 5 rings (SSSR count). The second-order valence-corrected chi connectivity index (χ2v) is 11.1. The van der Waals surface area contributed by atoms with Crippen LogP contribution in [0.1, 0.15) is 37.4 Å². The lowest BCUT2D eigenvalue weighted by molar-refractivity contribution is -0.137. The predicted octanol–water partition coefficient (Wildman–Crippen LogP) is 5.27. The molecule has 0 radical (unpaired) electrons. The lowest BCUT2D eigenvalue weighted by atomic mass is 9.77. The van der Waals surface area contributed by atoms with Gasteiger partial charge in [-0.25, -0.2) is 4.98 Å². The number of alkyl halides is 3. The van der Waals surface area contributed by atoms with Crippen molar-refractivity contribution in [1.29, 1.82) is 0 Å². The van der Waals surface area contributed by atoms with E-state index in [0.29, 0.717) is 17.6 Å². The number of oxazole rings is 1. The number of nitrogens with zero attached hydrogens (tertiary/aromatic N) is 6. The molecule has 4 heterocycles.